The molecule has 1 aromatic carbocycles. The van der Waals surface area contributed by atoms with Gasteiger partial charge in [-0.15, -0.1) is 0 Å². The monoisotopic (exact) mass is 731 g/mol. The van der Waals surface area contributed by atoms with Crippen molar-refractivity contribution in [3.8, 4) is 6.07 Å². The molecule has 4 aromatic heterocycles. The number of rotatable bonds is 10. The summed E-state index contributed by atoms with van der Waals surface area (Å²) in [5, 5.41) is 13.6. The van der Waals surface area contributed by atoms with Crippen molar-refractivity contribution in [1.82, 2.24) is 39.1 Å². The molecule has 2 unspecified atom stereocenters. The first kappa shape index (κ1) is 36.9. The second kappa shape index (κ2) is 15.9. The maximum absolute atomic E-state index is 14.1. The summed E-state index contributed by atoms with van der Waals surface area (Å²) in [5.74, 6) is -0.260. The van der Waals surface area contributed by atoms with Crippen LogP contribution in [0.1, 0.15) is 77.3 Å². The molecule has 0 aliphatic carbocycles. The van der Waals surface area contributed by atoms with E-state index < -0.39 is 0 Å². The minimum Gasteiger partial charge on any atom is -0.357 e. The standard InChI is InChI=1S/C41H49N9O4/c1-27(49-18-4-5-30(13-22-49)45-38(51)34-25-46(2)40(53)36-32(34)10-16-43-36)12-21-50-26-35(33-11-17-44-37(33)41(50)54)39(52)47(3)31-14-19-48(20-15-31)24-29-8-6-28(23-42)7-9-29/h6-11,16-17,25-27,30-31,43-44H,4-5,12-15,18-22,24H2,1-3H3,(H,45,51). The molecule has 282 valence electrons. The largest absolute Gasteiger partial charge is 0.357 e. The van der Waals surface area contributed by atoms with Gasteiger partial charge in [-0.2, -0.15) is 5.26 Å². The molecular formula is C41H49N9O4. The van der Waals surface area contributed by atoms with Crippen molar-refractivity contribution in [3.05, 3.63) is 104 Å². The minimum atomic E-state index is -0.179. The van der Waals surface area contributed by atoms with Gasteiger partial charge in [0.1, 0.15) is 11.0 Å². The summed E-state index contributed by atoms with van der Waals surface area (Å²) in [7, 11) is 3.52. The quantitative estimate of drug-likeness (QED) is 0.195. The summed E-state index contributed by atoms with van der Waals surface area (Å²) < 4.78 is 3.12. The average molecular weight is 732 g/mol. The molecule has 6 heterocycles. The lowest BCUT2D eigenvalue weighted by molar-refractivity contribution is 0.0637. The number of amides is 2. The number of likely N-dealkylation sites (tertiary alicyclic amines) is 2. The average Bonchev–Trinajstić information content (AvgIpc) is 3.83. The maximum Gasteiger partial charge on any atom is 0.274 e. The van der Waals surface area contributed by atoms with Crippen LogP contribution in [0.4, 0.5) is 0 Å². The van der Waals surface area contributed by atoms with Crippen molar-refractivity contribution < 1.29 is 9.59 Å². The fourth-order valence-corrected chi connectivity index (χ4v) is 8.22. The molecule has 0 radical (unpaired) electrons. The number of nitriles is 1. The van der Waals surface area contributed by atoms with E-state index in [0.717, 1.165) is 71.2 Å². The SMILES string of the molecule is CC(CCn1cc(C(=O)N(C)C2CCN(Cc3ccc(C#N)cc3)CC2)c2cc[nH]c2c1=O)N1CCCC(NC(=O)c2cn(C)c(=O)c3[nH]ccc23)CC1. The van der Waals surface area contributed by atoms with Gasteiger partial charge in [0.25, 0.3) is 22.9 Å². The van der Waals surface area contributed by atoms with Crippen molar-refractivity contribution in [3.63, 3.8) is 0 Å². The molecule has 13 heteroatoms. The topological polar surface area (TPSA) is 155 Å². The number of aromatic amines is 2. The Bertz CT molecular complexity index is 2300. The molecule has 2 atom stereocenters. The highest BCUT2D eigenvalue weighted by Gasteiger charge is 2.29. The fraction of sp³-hybridized carbons (Fsp3) is 0.439. The van der Waals surface area contributed by atoms with Crippen LogP contribution < -0.4 is 16.4 Å². The van der Waals surface area contributed by atoms with Crippen molar-refractivity contribution in [2.75, 3.05) is 33.2 Å². The molecule has 13 nitrogen and oxygen atoms in total. The number of piperidine rings is 1. The molecule has 7 rings (SSSR count). The van der Waals surface area contributed by atoms with E-state index in [1.807, 2.05) is 42.3 Å². The number of nitrogens with zero attached hydrogens (tertiary/aromatic N) is 6. The van der Waals surface area contributed by atoms with Crippen LogP contribution in [0, 0.1) is 11.3 Å². The second-order valence-electron chi connectivity index (χ2n) is 15.0. The minimum absolute atomic E-state index is 0.0131. The van der Waals surface area contributed by atoms with Crippen LogP contribution in [0.5, 0.6) is 0 Å². The van der Waals surface area contributed by atoms with Gasteiger partial charge < -0.3 is 34.2 Å². The molecule has 2 saturated heterocycles. The third kappa shape index (κ3) is 7.62. The smallest absolute Gasteiger partial charge is 0.274 e. The molecular weight excluding hydrogens is 683 g/mol. The Morgan fingerprint density at radius 3 is 2.30 bits per heavy atom. The van der Waals surface area contributed by atoms with E-state index in [1.54, 1.807) is 42.5 Å². The molecule has 2 amide bonds. The van der Waals surface area contributed by atoms with Gasteiger partial charge in [-0.05, 0) is 81.8 Å². The maximum atomic E-state index is 14.1. The van der Waals surface area contributed by atoms with Crippen LogP contribution in [0.2, 0.25) is 0 Å². The number of fused-ring (bicyclic) bond motifs is 2. The molecule has 54 heavy (non-hydrogen) atoms. The zero-order valence-corrected chi connectivity index (χ0v) is 31.3. The van der Waals surface area contributed by atoms with Gasteiger partial charge in [-0.25, -0.2) is 0 Å². The molecule has 0 spiro atoms. The predicted octanol–water partition coefficient (Wildman–Crippen LogP) is 4.18. The summed E-state index contributed by atoms with van der Waals surface area (Å²) in [6.45, 7) is 6.91. The van der Waals surface area contributed by atoms with E-state index in [1.165, 1.54) is 10.1 Å². The van der Waals surface area contributed by atoms with Crippen LogP contribution in [0.25, 0.3) is 21.8 Å². The first-order chi connectivity index (χ1) is 26.1. The summed E-state index contributed by atoms with van der Waals surface area (Å²) >= 11 is 0. The number of pyridine rings is 2. The van der Waals surface area contributed by atoms with Crippen LogP contribution in [0.15, 0.2) is 70.8 Å². The van der Waals surface area contributed by atoms with Crippen LogP contribution in [-0.4, -0.2) is 97.0 Å². The summed E-state index contributed by atoms with van der Waals surface area (Å²) in [6.07, 6.45) is 11.8. The molecule has 5 aromatic rings. The molecule has 2 aliphatic rings. The number of hydrogen-bond donors (Lipinski definition) is 3. The van der Waals surface area contributed by atoms with E-state index in [-0.39, 0.29) is 41.1 Å². The third-order valence-electron chi connectivity index (χ3n) is 11.6. The van der Waals surface area contributed by atoms with Gasteiger partial charge in [0, 0.05) is 101 Å². The Labute approximate surface area is 314 Å². The Morgan fingerprint density at radius 2 is 1.59 bits per heavy atom. The number of aryl methyl sites for hydroxylation is 2. The highest BCUT2D eigenvalue weighted by atomic mass is 16.2. The summed E-state index contributed by atoms with van der Waals surface area (Å²) in [6, 6.07) is 13.8. The van der Waals surface area contributed by atoms with Gasteiger partial charge in [0.15, 0.2) is 0 Å². The first-order valence-electron chi connectivity index (χ1n) is 19.0. The normalized spacial score (nSPS) is 18.0. The lowest BCUT2D eigenvalue weighted by Crippen LogP contribution is -2.45. The van der Waals surface area contributed by atoms with E-state index in [2.05, 4.69) is 38.1 Å². The van der Waals surface area contributed by atoms with E-state index in [0.29, 0.717) is 45.0 Å². The van der Waals surface area contributed by atoms with Crippen molar-refractivity contribution in [2.24, 2.45) is 7.05 Å². The third-order valence-corrected chi connectivity index (χ3v) is 11.6. The zero-order chi connectivity index (χ0) is 37.9. The Morgan fingerprint density at radius 1 is 0.907 bits per heavy atom. The van der Waals surface area contributed by atoms with E-state index >= 15 is 0 Å². The number of carbonyl (C=O) groups excluding carboxylic acids is 2. The van der Waals surface area contributed by atoms with Gasteiger partial charge in [-0.3, -0.25) is 24.1 Å². The van der Waals surface area contributed by atoms with Crippen LogP contribution in [0.3, 0.4) is 0 Å². The van der Waals surface area contributed by atoms with Crippen LogP contribution >= 0.6 is 0 Å². The summed E-state index contributed by atoms with van der Waals surface area (Å²) in [4.78, 5) is 66.2. The lowest BCUT2D eigenvalue weighted by atomic mass is 10.0. The Kier molecular flexibility index (Phi) is 10.8. The van der Waals surface area contributed by atoms with E-state index in [4.69, 9.17) is 5.26 Å². The lowest BCUT2D eigenvalue weighted by Gasteiger charge is -2.37. The number of nitrogens with one attached hydrogen (secondary N) is 3. The highest BCUT2D eigenvalue weighted by molar-refractivity contribution is 6.06. The van der Waals surface area contributed by atoms with Crippen LogP contribution in [-0.2, 0) is 20.1 Å². The van der Waals surface area contributed by atoms with Gasteiger partial charge in [-0.1, -0.05) is 12.1 Å². The molecule has 0 saturated carbocycles. The number of H-pyrrole nitrogens is 2. The predicted molar refractivity (Wildman–Crippen MR) is 208 cm³/mol. The Balaban J connectivity index is 0.953. The van der Waals surface area contributed by atoms with Crippen molar-refractivity contribution >= 4 is 33.6 Å². The molecule has 2 aliphatic heterocycles. The molecule has 3 N–H and O–H groups in total. The van der Waals surface area contributed by atoms with Gasteiger partial charge in [0.05, 0.1) is 22.8 Å². The number of carbonyl (C=O) groups is 2. The number of aromatic nitrogens is 4. The van der Waals surface area contributed by atoms with E-state index in [9.17, 15) is 19.2 Å². The van der Waals surface area contributed by atoms with Crippen molar-refractivity contribution in [1.29, 1.82) is 5.26 Å². The van der Waals surface area contributed by atoms with Crippen molar-refractivity contribution in [2.45, 2.75) is 76.7 Å². The summed E-state index contributed by atoms with van der Waals surface area (Å²) in [5.41, 5.74) is 3.42. The van der Waals surface area contributed by atoms with Gasteiger partial charge in [0.2, 0.25) is 0 Å². The number of benzene rings is 1. The number of hydrogen-bond acceptors (Lipinski definition) is 7. The molecule has 0 bridgehead atoms. The molecule has 2 fully saturated rings. The first-order valence-corrected chi connectivity index (χ1v) is 19.0. The Hall–Kier alpha value is -5.45. The van der Waals surface area contributed by atoms with Gasteiger partial charge >= 0.3 is 0 Å². The zero-order valence-electron chi connectivity index (χ0n) is 31.3. The fourth-order valence-electron chi connectivity index (χ4n) is 8.22. The second-order valence-corrected chi connectivity index (χ2v) is 15.0. The highest BCUT2D eigenvalue weighted by Crippen LogP contribution is 2.23.